The molecule has 2 rings (SSSR count). The predicted octanol–water partition coefficient (Wildman–Crippen LogP) is 3.59. The maximum atomic E-state index is 4.57. The molecule has 0 atom stereocenters. The van der Waals surface area contributed by atoms with Crippen LogP contribution in [-0.2, 0) is 6.54 Å². The first-order chi connectivity index (χ1) is 8.83. The standard InChI is InChI=1S/C15H27N3/c1-3-9-16-10-14-11-17-15(18-14)13-7-5-12(4-2)6-8-13/h11-13,16H,3-10H2,1-2H3,(H,17,18). The Morgan fingerprint density at radius 3 is 2.72 bits per heavy atom. The van der Waals surface area contributed by atoms with Gasteiger partial charge < -0.3 is 10.3 Å². The quantitative estimate of drug-likeness (QED) is 0.756. The van der Waals surface area contributed by atoms with Gasteiger partial charge in [0.1, 0.15) is 5.82 Å². The highest BCUT2D eigenvalue weighted by molar-refractivity contribution is 5.06. The molecule has 1 aliphatic carbocycles. The molecule has 0 spiro atoms. The molecule has 0 radical (unpaired) electrons. The summed E-state index contributed by atoms with van der Waals surface area (Å²) in [6.45, 7) is 6.51. The third-order valence-electron chi connectivity index (χ3n) is 4.20. The minimum atomic E-state index is 0.674. The van der Waals surface area contributed by atoms with Crippen LogP contribution in [0.3, 0.4) is 0 Å². The van der Waals surface area contributed by atoms with Gasteiger partial charge in [-0.05, 0) is 44.6 Å². The van der Waals surface area contributed by atoms with Gasteiger partial charge in [-0.2, -0.15) is 0 Å². The Morgan fingerprint density at radius 2 is 2.06 bits per heavy atom. The molecule has 1 fully saturated rings. The van der Waals surface area contributed by atoms with E-state index in [1.54, 1.807) is 0 Å². The number of imidazole rings is 1. The normalized spacial score (nSPS) is 24.3. The molecule has 0 unspecified atom stereocenters. The molecule has 102 valence electrons. The number of aromatic amines is 1. The topological polar surface area (TPSA) is 40.7 Å². The summed E-state index contributed by atoms with van der Waals surface area (Å²) in [4.78, 5) is 8.07. The Bertz CT molecular complexity index is 337. The van der Waals surface area contributed by atoms with Crippen LogP contribution < -0.4 is 5.32 Å². The molecule has 1 aromatic heterocycles. The molecule has 0 aliphatic heterocycles. The van der Waals surface area contributed by atoms with E-state index in [4.69, 9.17) is 0 Å². The van der Waals surface area contributed by atoms with E-state index < -0.39 is 0 Å². The predicted molar refractivity (Wildman–Crippen MR) is 75.6 cm³/mol. The van der Waals surface area contributed by atoms with E-state index in [0.29, 0.717) is 5.92 Å². The fourth-order valence-electron chi connectivity index (χ4n) is 2.92. The van der Waals surface area contributed by atoms with E-state index in [0.717, 1.165) is 19.0 Å². The SMILES string of the molecule is CCCNCc1cnc(C2CCC(CC)CC2)[nH]1. The first kappa shape index (κ1) is 13.6. The molecule has 2 N–H and O–H groups in total. The van der Waals surface area contributed by atoms with Crippen molar-refractivity contribution in [1.29, 1.82) is 0 Å². The van der Waals surface area contributed by atoms with Gasteiger partial charge in [0.05, 0.1) is 0 Å². The third kappa shape index (κ3) is 3.58. The van der Waals surface area contributed by atoms with E-state index in [9.17, 15) is 0 Å². The molecule has 18 heavy (non-hydrogen) atoms. The zero-order valence-corrected chi connectivity index (χ0v) is 11.8. The molecule has 3 nitrogen and oxygen atoms in total. The van der Waals surface area contributed by atoms with Gasteiger partial charge in [0, 0.05) is 24.4 Å². The number of nitrogens with one attached hydrogen (secondary N) is 2. The summed E-state index contributed by atoms with van der Waals surface area (Å²) in [6.07, 6.45) is 9.92. The van der Waals surface area contributed by atoms with Crippen LogP contribution in [0.1, 0.15) is 69.8 Å². The summed E-state index contributed by atoms with van der Waals surface area (Å²) >= 11 is 0. The van der Waals surface area contributed by atoms with Crippen LogP contribution in [0.25, 0.3) is 0 Å². The van der Waals surface area contributed by atoms with E-state index in [-0.39, 0.29) is 0 Å². The minimum Gasteiger partial charge on any atom is -0.345 e. The molecule has 1 heterocycles. The molecule has 0 saturated heterocycles. The molecule has 1 aliphatic rings. The van der Waals surface area contributed by atoms with Crippen LogP contribution in [0, 0.1) is 5.92 Å². The second-order valence-electron chi connectivity index (χ2n) is 5.60. The monoisotopic (exact) mass is 249 g/mol. The average molecular weight is 249 g/mol. The van der Waals surface area contributed by atoms with Crippen molar-refractivity contribution in [1.82, 2.24) is 15.3 Å². The van der Waals surface area contributed by atoms with Gasteiger partial charge in [0.2, 0.25) is 0 Å². The van der Waals surface area contributed by atoms with Gasteiger partial charge in [-0.1, -0.05) is 20.3 Å². The molecule has 1 saturated carbocycles. The minimum absolute atomic E-state index is 0.674. The Kier molecular flexibility index (Phi) is 5.24. The van der Waals surface area contributed by atoms with Crippen molar-refractivity contribution in [3.63, 3.8) is 0 Å². The van der Waals surface area contributed by atoms with Crippen molar-refractivity contribution in [2.75, 3.05) is 6.54 Å². The van der Waals surface area contributed by atoms with Crippen LogP contribution >= 0.6 is 0 Å². The second-order valence-corrected chi connectivity index (χ2v) is 5.60. The first-order valence-electron chi connectivity index (χ1n) is 7.58. The molecule has 0 bridgehead atoms. The van der Waals surface area contributed by atoms with Gasteiger partial charge in [-0.25, -0.2) is 4.98 Å². The van der Waals surface area contributed by atoms with Gasteiger partial charge in [0.25, 0.3) is 0 Å². The molecule has 3 heteroatoms. The lowest BCUT2D eigenvalue weighted by atomic mass is 9.80. The summed E-state index contributed by atoms with van der Waals surface area (Å²) in [5.41, 5.74) is 1.23. The molecule has 1 aromatic rings. The van der Waals surface area contributed by atoms with E-state index in [1.165, 1.54) is 50.0 Å². The Balaban J connectivity index is 1.82. The largest absolute Gasteiger partial charge is 0.345 e. The van der Waals surface area contributed by atoms with Crippen LogP contribution in [0.15, 0.2) is 6.20 Å². The summed E-state index contributed by atoms with van der Waals surface area (Å²) in [7, 11) is 0. The molecule has 0 amide bonds. The molecule has 0 aromatic carbocycles. The van der Waals surface area contributed by atoms with E-state index >= 15 is 0 Å². The van der Waals surface area contributed by atoms with Crippen LogP contribution in [-0.4, -0.2) is 16.5 Å². The van der Waals surface area contributed by atoms with E-state index in [1.807, 2.05) is 6.20 Å². The Morgan fingerprint density at radius 1 is 1.28 bits per heavy atom. The lowest BCUT2D eigenvalue weighted by Crippen LogP contribution is -2.15. The number of hydrogen-bond donors (Lipinski definition) is 2. The van der Waals surface area contributed by atoms with Crippen molar-refractivity contribution in [3.05, 3.63) is 17.7 Å². The lowest BCUT2D eigenvalue weighted by Gasteiger charge is -2.26. The number of H-pyrrole nitrogens is 1. The highest BCUT2D eigenvalue weighted by Gasteiger charge is 2.23. The van der Waals surface area contributed by atoms with Crippen LogP contribution in [0.4, 0.5) is 0 Å². The molecular weight excluding hydrogens is 222 g/mol. The zero-order chi connectivity index (χ0) is 12.8. The number of nitrogens with zero attached hydrogens (tertiary/aromatic N) is 1. The van der Waals surface area contributed by atoms with Gasteiger partial charge in [0.15, 0.2) is 0 Å². The number of rotatable bonds is 6. The summed E-state index contributed by atoms with van der Waals surface area (Å²) in [6, 6.07) is 0. The maximum Gasteiger partial charge on any atom is 0.109 e. The maximum absolute atomic E-state index is 4.57. The summed E-state index contributed by atoms with van der Waals surface area (Å²) < 4.78 is 0. The van der Waals surface area contributed by atoms with Crippen LogP contribution in [0.5, 0.6) is 0 Å². The first-order valence-corrected chi connectivity index (χ1v) is 7.58. The van der Waals surface area contributed by atoms with Gasteiger partial charge >= 0.3 is 0 Å². The molecular formula is C15H27N3. The zero-order valence-electron chi connectivity index (χ0n) is 11.8. The lowest BCUT2D eigenvalue weighted by molar-refractivity contribution is 0.313. The van der Waals surface area contributed by atoms with Crippen LogP contribution in [0.2, 0.25) is 0 Å². The second kappa shape index (κ2) is 6.93. The number of hydrogen-bond acceptors (Lipinski definition) is 2. The van der Waals surface area contributed by atoms with Crippen molar-refractivity contribution >= 4 is 0 Å². The smallest absolute Gasteiger partial charge is 0.109 e. The van der Waals surface area contributed by atoms with E-state index in [2.05, 4.69) is 29.1 Å². The van der Waals surface area contributed by atoms with Gasteiger partial charge in [-0.15, -0.1) is 0 Å². The van der Waals surface area contributed by atoms with Gasteiger partial charge in [-0.3, -0.25) is 0 Å². The summed E-state index contributed by atoms with van der Waals surface area (Å²) in [5.74, 6) is 2.85. The van der Waals surface area contributed by atoms with Crippen molar-refractivity contribution in [2.45, 2.75) is 64.8 Å². The highest BCUT2D eigenvalue weighted by atomic mass is 15.0. The summed E-state index contributed by atoms with van der Waals surface area (Å²) in [5, 5.41) is 3.41. The Hall–Kier alpha value is -0.830. The third-order valence-corrected chi connectivity index (χ3v) is 4.20. The fourth-order valence-corrected chi connectivity index (χ4v) is 2.92. The fraction of sp³-hybridized carbons (Fsp3) is 0.800. The number of aromatic nitrogens is 2. The van der Waals surface area contributed by atoms with Crippen molar-refractivity contribution in [3.8, 4) is 0 Å². The average Bonchev–Trinajstić information content (AvgIpc) is 2.88. The Labute approximate surface area is 111 Å². The van der Waals surface area contributed by atoms with Crippen molar-refractivity contribution in [2.24, 2.45) is 5.92 Å². The highest BCUT2D eigenvalue weighted by Crippen LogP contribution is 2.35. The van der Waals surface area contributed by atoms with Crippen molar-refractivity contribution < 1.29 is 0 Å².